The van der Waals surface area contributed by atoms with Crippen molar-refractivity contribution in [2.24, 2.45) is 0 Å². The van der Waals surface area contributed by atoms with Crippen LogP contribution in [-0.4, -0.2) is 31.6 Å². The first-order valence-corrected chi connectivity index (χ1v) is 9.60. The van der Waals surface area contributed by atoms with Crippen molar-refractivity contribution < 1.29 is 19.1 Å². The Morgan fingerprint density at radius 1 is 0.867 bits per heavy atom. The zero-order valence-corrected chi connectivity index (χ0v) is 16.9. The molecule has 154 valence electrons. The van der Waals surface area contributed by atoms with Crippen LogP contribution in [0.15, 0.2) is 84.9 Å². The van der Waals surface area contributed by atoms with Gasteiger partial charge in [0.1, 0.15) is 5.75 Å². The second kappa shape index (κ2) is 10.1. The van der Waals surface area contributed by atoms with Gasteiger partial charge in [0, 0.05) is 24.1 Å². The van der Waals surface area contributed by atoms with Crippen molar-refractivity contribution >= 4 is 28.9 Å². The number of esters is 1. The molecule has 0 saturated carbocycles. The summed E-state index contributed by atoms with van der Waals surface area (Å²) in [6.07, 6.45) is -0.913. The molecule has 6 nitrogen and oxygen atoms in total. The Morgan fingerprint density at radius 3 is 2.07 bits per heavy atom. The first kappa shape index (κ1) is 20.9. The Hall–Kier alpha value is -3.80. The Morgan fingerprint density at radius 2 is 1.43 bits per heavy atom. The van der Waals surface area contributed by atoms with Crippen molar-refractivity contribution in [1.29, 1.82) is 0 Å². The quantitative estimate of drug-likeness (QED) is 0.564. The maximum Gasteiger partial charge on any atom is 0.344 e. The minimum Gasteiger partial charge on any atom is -0.482 e. The number of hydrogen-bond acceptors (Lipinski definition) is 5. The van der Waals surface area contributed by atoms with Crippen LogP contribution in [0.3, 0.4) is 0 Å². The molecule has 0 aliphatic heterocycles. The molecule has 0 fully saturated rings. The van der Waals surface area contributed by atoms with Gasteiger partial charge in [-0.25, -0.2) is 4.79 Å². The molecule has 0 spiro atoms. The molecular weight excluding hydrogens is 380 g/mol. The Bertz CT molecular complexity index is 960. The first-order valence-electron chi connectivity index (χ1n) is 9.60. The largest absolute Gasteiger partial charge is 0.482 e. The number of ether oxygens (including phenoxy) is 2. The van der Waals surface area contributed by atoms with Crippen LogP contribution < -0.4 is 15.0 Å². The Kier molecular flexibility index (Phi) is 7.05. The van der Waals surface area contributed by atoms with Gasteiger partial charge >= 0.3 is 5.97 Å². The molecule has 3 rings (SSSR count). The lowest BCUT2D eigenvalue weighted by Crippen LogP contribution is -2.38. The molecule has 6 heteroatoms. The molecule has 1 atom stereocenters. The summed E-state index contributed by atoms with van der Waals surface area (Å²) in [5.41, 5.74) is 2.61. The van der Waals surface area contributed by atoms with Gasteiger partial charge in [-0.2, -0.15) is 0 Å². The summed E-state index contributed by atoms with van der Waals surface area (Å²) in [6, 6.07) is 26.2. The number of carbonyl (C=O) groups is 2. The van der Waals surface area contributed by atoms with Crippen LogP contribution in [0.4, 0.5) is 17.1 Å². The van der Waals surface area contributed by atoms with Crippen molar-refractivity contribution in [3.63, 3.8) is 0 Å². The summed E-state index contributed by atoms with van der Waals surface area (Å²) in [4.78, 5) is 26.0. The topological polar surface area (TPSA) is 67.9 Å². The van der Waals surface area contributed by atoms with Crippen LogP contribution >= 0.6 is 0 Å². The van der Waals surface area contributed by atoms with E-state index in [0.29, 0.717) is 5.75 Å². The molecule has 0 aliphatic carbocycles. The highest BCUT2D eigenvalue weighted by Gasteiger charge is 2.22. The van der Waals surface area contributed by atoms with Gasteiger partial charge in [0.2, 0.25) is 0 Å². The number of hydrogen-bond donors (Lipinski definition) is 1. The monoisotopic (exact) mass is 404 g/mol. The van der Waals surface area contributed by atoms with Crippen LogP contribution in [0.25, 0.3) is 0 Å². The number of rotatable bonds is 8. The normalized spacial score (nSPS) is 11.3. The maximum absolute atomic E-state index is 12.4. The van der Waals surface area contributed by atoms with Crippen LogP contribution in [0.5, 0.6) is 5.75 Å². The average molecular weight is 404 g/mol. The lowest BCUT2D eigenvalue weighted by atomic mass is 10.2. The number of anilines is 3. The summed E-state index contributed by atoms with van der Waals surface area (Å²) in [6.45, 7) is 1.27. The lowest BCUT2D eigenvalue weighted by molar-refractivity contribution is -0.155. The molecule has 30 heavy (non-hydrogen) atoms. The minimum atomic E-state index is -0.913. The van der Waals surface area contributed by atoms with Crippen LogP contribution in [0, 0.1) is 0 Å². The summed E-state index contributed by atoms with van der Waals surface area (Å²) in [5, 5.41) is 3.27. The molecule has 1 amide bonds. The molecule has 0 radical (unpaired) electrons. The van der Waals surface area contributed by atoms with Gasteiger partial charge in [0.05, 0.1) is 0 Å². The zero-order chi connectivity index (χ0) is 21.3. The molecule has 0 aromatic heterocycles. The van der Waals surface area contributed by atoms with E-state index in [1.165, 1.54) is 4.90 Å². The van der Waals surface area contributed by atoms with E-state index in [9.17, 15) is 9.59 Å². The van der Waals surface area contributed by atoms with E-state index < -0.39 is 12.1 Å². The highest BCUT2D eigenvalue weighted by Crippen LogP contribution is 2.20. The van der Waals surface area contributed by atoms with E-state index in [1.54, 1.807) is 26.1 Å². The molecule has 0 aliphatic rings. The summed E-state index contributed by atoms with van der Waals surface area (Å²) < 4.78 is 10.7. The lowest BCUT2D eigenvalue weighted by Gasteiger charge is -2.21. The first-order chi connectivity index (χ1) is 14.5. The van der Waals surface area contributed by atoms with Crippen LogP contribution in [-0.2, 0) is 14.3 Å². The van der Waals surface area contributed by atoms with Crippen molar-refractivity contribution in [2.75, 3.05) is 23.9 Å². The SMILES string of the molecule is C[C@H](OC(=O)COc1ccc(Nc2ccccc2)cc1)C(=O)N(C)c1ccccc1. The van der Waals surface area contributed by atoms with Crippen LogP contribution in [0.1, 0.15) is 6.92 Å². The van der Waals surface area contributed by atoms with Gasteiger partial charge < -0.3 is 19.7 Å². The summed E-state index contributed by atoms with van der Waals surface area (Å²) in [7, 11) is 1.64. The maximum atomic E-state index is 12.4. The molecule has 3 aromatic carbocycles. The van der Waals surface area contributed by atoms with Crippen molar-refractivity contribution in [3.8, 4) is 5.75 Å². The van der Waals surface area contributed by atoms with Gasteiger partial charge in [0.15, 0.2) is 12.7 Å². The standard InChI is InChI=1S/C24H24N2O4/c1-18(24(28)26(2)21-11-7-4-8-12-21)30-23(27)17-29-22-15-13-20(14-16-22)25-19-9-5-3-6-10-19/h3-16,18,25H,17H2,1-2H3/t18-/m0/s1. The molecule has 1 N–H and O–H groups in total. The van der Waals surface area contributed by atoms with E-state index in [4.69, 9.17) is 9.47 Å². The molecule has 0 heterocycles. The number of para-hydroxylation sites is 2. The third-order valence-electron chi connectivity index (χ3n) is 4.40. The second-order valence-electron chi connectivity index (χ2n) is 6.67. The number of nitrogens with zero attached hydrogens (tertiary/aromatic N) is 1. The number of likely N-dealkylation sites (N-methyl/N-ethyl adjacent to an activating group) is 1. The van der Waals surface area contributed by atoms with E-state index >= 15 is 0 Å². The van der Waals surface area contributed by atoms with Crippen molar-refractivity contribution in [1.82, 2.24) is 0 Å². The molecule has 0 saturated heterocycles. The summed E-state index contributed by atoms with van der Waals surface area (Å²) in [5.74, 6) is -0.388. The minimum absolute atomic E-state index is 0.280. The Balaban J connectivity index is 1.46. The van der Waals surface area contributed by atoms with Gasteiger partial charge in [-0.15, -0.1) is 0 Å². The zero-order valence-electron chi connectivity index (χ0n) is 16.9. The van der Waals surface area contributed by atoms with Crippen molar-refractivity contribution in [2.45, 2.75) is 13.0 Å². The molecular formula is C24H24N2O4. The predicted octanol–water partition coefficient (Wildman–Crippen LogP) is 4.40. The number of benzene rings is 3. The molecule has 0 bridgehead atoms. The third kappa shape index (κ3) is 5.85. The fraction of sp³-hybridized carbons (Fsp3) is 0.167. The number of carbonyl (C=O) groups excluding carboxylic acids is 2. The number of amides is 1. The van der Waals surface area contributed by atoms with E-state index in [0.717, 1.165) is 17.1 Å². The van der Waals surface area contributed by atoms with E-state index in [-0.39, 0.29) is 12.5 Å². The predicted molar refractivity (Wildman–Crippen MR) is 117 cm³/mol. The summed E-state index contributed by atoms with van der Waals surface area (Å²) >= 11 is 0. The third-order valence-corrected chi connectivity index (χ3v) is 4.40. The van der Waals surface area contributed by atoms with Gasteiger partial charge in [-0.05, 0) is 55.5 Å². The van der Waals surface area contributed by atoms with Gasteiger partial charge in [0.25, 0.3) is 5.91 Å². The highest BCUT2D eigenvalue weighted by molar-refractivity contribution is 5.96. The van der Waals surface area contributed by atoms with E-state index in [1.807, 2.05) is 72.8 Å². The molecule has 0 unspecified atom stereocenters. The van der Waals surface area contributed by atoms with Gasteiger partial charge in [-0.1, -0.05) is 36.4 Å². The van der Waals surface area contributed by atoms with Crippen molar-refractivity contribution in [3.05, 3.63) is 84.9 Å². The fourth-order valence-corrected chi connectivity index (χ4v) is 2.80. The highest BCUT2D eigenvalue weighted by atomic mass is 16.6. The smallest absolute Gasteiger partial charge is 0.344 e. The fourth-order valence-electron chi connectivity index (χ4n) is 2.80. The van der Waals surface area contributed by atoms with Gasteiger partial charge in [-0.3, -0.25) is 4.79 Å². The Labute approximate surface area is 176 Å². The second-order valence-corrected chi connectivity index (χ2v) is 6.67. The molecule has 3 aromatic rings. The number of nitrogens with one attached hydrogen (secondary N) is 1. The van der Waals surface area contributed by atoms with Crippen LogP contribution in [0.2, 0.25) is 0 Å². The van der Waals surface area contributed by atoms with E-state index in [2.05, 4.69) is 5.32 Å². The average Bonchev–Trinajstić information content (AvgIpc) is 2.79.